The lowest BCUT2D eigenvalue weighted by atomic mass is 9.92. The van der Waals surface area contributed by atoms with Gasteiger partial charge in [-0.2, -0.15) is 5.26 Å². The third kappa shape index (κ3) is 2.40. The number of fused-ring (bicyclic) bond motifs is 1. The van der Waals surface area contributed by atoms with Crippen LogP contribution < -0.4 is 10.5 Å². The lowest BCUT2D eigenvalue weighted by Gasteiger charge is -2.29. The maximum Gasteiger partial charge on any atom is 0.270 e. The molecule has 0 aliphatic carbocycles. The van der Waals surface area contributed by atoms with Gasteiger partial charge >= 0.3 is 0 Å². The number of nitriles is 1. The van der Waals surface area contributed by atoms with Crippen LogP contribution in [0, 0.1) is 11.3 Å². The van der Waals surface area contributed by atoms with Gasteiger partial charge in [0.2, 0.25) is 0 Å². The molecule has 0 unspecified atom stereocenters. The maximum absolute atomic E-state index is 12.8. The summed E-state index contributed by atoms with van der Waals surface area (Å²) in [5.41, 5.74) is 2.98. The van der Waals surface area contributed by atoms with Gasteiger partial charge in [-0.25, -0.2) is 0 Å². The molecule has 130 valence electrons. The predicted octanol–water partition coefficient (Wildman–Crippen LogP) is 3.79. The number of hydrogen-bond acceptors (Lipinski definition) is 3. The zero-order valence-electron chi connectivity index (χ0n) is 15.0. The van der Waals surface area contributed by atoms with Crippen molar-refractivity contribution in [2.45, 2.75) is 25.3 Å². The monoisotopic (exact) mass is 343 g/mol. The summed E-state index contributed by atoms with van der Waals surface area (Å²) in [6.45, 7) is 3.03. The van der Waals surface area contributed by atoms with Gasteiger partial charge in [-0.1, -0.05) is 48.5 Å². The van der Waals surface area contributed by atoms with Gasteiger partial charge in [-0.15, -0.1) is 0 Å². The predicted molar refractivity (Wildman–Crippen MR) is 105 cm³/mol. The van der Waals surface area contributed by atoms with Crippen molar-refractivity contribution in [3.05, 3.63) is 76.1 Å². The molecule has 3 aromatic rings. The van der Waals surface area contributed by atoms with Crippen LogP contribution in [-0.4, -0.2) is 17.2 Å². The molecule has 1 saturated heterocycles. The minimum Gasteiger partial charge on any atom is -0.366 e. The summed E-state index contributed by atoms with van der Waals surface area (Å²) in [4.78, 5) is 15.0. The van der Waals surface area contributed by atoms with Gasteiger partial charge in [-0.3, -0.25) is 4.79 Å². The largest absolute Gasteiger partial charge is 0.366 e. The topological polar surface area (TPSA) is 49.0 Å². The van der Waals surface area contributed by atoms with Crippen molar-refractivity contribution in [1.82, 2.24) is 4.57 Å². The first-order valence-electron chi connectivity index (χ1n) is 8.97. The molecule has 0 bridgehead atoms. The van der Waals surface area contributed by atoms with Crippen LogP contribution in [0.3, 0.4) is 0 Å². The van der Waals surface area contributed by atoms with E-state index in [0.29, 0.717) is 5.92 Å². The molecule has 0 amide bonds. The maximum atomic E-state index is 12.8. The Bertz CT molecular complexity index is 1060. The molecule has 1 fully saturated rings. The van der Waals surface area contributed by atoms with E-state index in [2.05, 4.69) is 42.2 Å². The Morgan fingerprint density at radius 1 is 1.08 bits per heavy atom. The molecule has 2 atom stereocenters. The average Bonchev–Trinajstić information content (AvgIpc) is 3.06. The van der Waals surface area contributed by atoms with Crippen molar-refractivity contribution >= 4 is 16.6 Å². The van der Waals surface area contributed by atoms with Crippen LogP contribution in [-0.2, 0) is 7.05 Å². The Morgan fingerprint density at radius 3 is 2.50 bits per heavy atom. The number of rotatable bonds is 2. The van der Waals surface area contributed by atoms with E-state index >= 15 is 0 Å². The molecule has 4 nitrogen and oxygen atoms in total. The highest BCUT2D eigenvalue weighted by Crippen LogP contribution is 2.39. The Labute approximate surface area is 152 Å². The molecule has 1 aliphatic heterocycles. The normalized spacial score (nSPS) is 19.7. The van der Waals surface area contributed by atoms with E-state index in [1.807, 2.05) is 30.3 Å². The Hall–Kier alpha value is -3.06. The summed E-state index contributed by atoms with van der Waals surface area (Å²) < 4.78 is 1.58. The first-order valence-corrected chi connectivity index (χ1v) is 8.97. The van der Waals surface area contributed by atoms with Crippen LogP contribution in [0.5, 0.6) is 0 Å². The summed E-state index contributed by atoms with van der Waals surface area (Å²) in [5, 5.41) is 10.7. The second kappa shape index (κ2) is 6.34. The number of aromatic nitrogens is 1. The standard InChI is InChI=1S/C22H21N3O/c1-15-17(16-8-4-3-5-9-16)12-13-25(15)21-18-10-6-7-11-20(18)24(2)22(26)19(21)14-23/h3-11,15,17H,12-13H2,1-2H3/t15-,17-/m1/s1. The second-order valence-corrected chi connectivity index (χ2v) is 6.96. The van der Waals surface area contributed by atoms with Gasteiger partial charge in [0, 0.05) is 30.9 Å². The van der Waals surface area contributed by atoms with Crippen molar-refractivity contribution < 1.29 is 0 Å². The van der Waals surface area contributed by atoms with Crippen LogP contribution in [0.4, 0.5) is 5.69 Å². The number of benzene rings is 2. The molecule has 4 heteroatoms. The Kier molecular flexibility index (Phi) is 4.00. The summed E-state index contributed by atoms with van der Waals surface area (Å²) in [6.07, 6.45) is 1.01. The van der Waals surface area contributed by atoms with Crippen molar-refractivity contribution in [3.63, 3.8) is 0 Å². The average molecular weight is 343 g/mol. The van der Waals surface area contributed by atoms with Crippen molar-refractivity contribution in [2.24, 2.45) is 7.05 Å². The van der Waals surface area contributed by atoms with Gasteiger partial charge < -0.3 is 9.47 Å². The van der Waals surface area contributed by atoms with E-state index in [1.54, 1.807) is 11.6 Å². The summed E-state index contributed by atoms with van der Waals surface area (Å²) >= 11 is 0. The summed E-state index contributed by atoms with van der Waals surface area (Å²) in [6, 6.07) is 20.7. The van der Waals surface area contributed by atoms with E-state index in [9.17, 15) is 10.1 Å². The lowest BCUT2D eigenvalue weighted by Crippen LogP contribution is -2.33. The fourth-order valence-corrected chi connectivity index (χ4v) is 4.28. The molecule has 1 aliphatic rings. The number of para-hydroxylation sites is 1. The van der Waals surface area contributed by atoms with E-state index < -0.39 is 0 Å². The molecule has 0 spiro atoms. The van der Waals surface area contributed by atoms with Crippen LogP contribution in [0.1, 0.15) is 30.4 Å². The highest BCUT2D eigenvalue weighted by atomic mass is 16.1. The van der Waals surface area contributed by atoms with E-state index in [-0.39, 0.29) is 17.2 Å². The highest BCUT2D eigenvalue weighted by molar-refractivity contribution is 5.95. The summed E-state index contributed by atoms with van der Waals surface area (Å²) in [7, 11) is 1.73. The highest BCUT2D eigenvalue weighted by Gasteiger charge is 2.34. The van der Waals surface area contributed by atoms with Crippen molar-refractivity contribution in [1.29, 1.82) is 5.26 Å². The van der Waals surface area contributed by atoms with Gasteiger partial charge in [0.15, 0.2) is 0 Å². The minimum atomic E-state index is -0.225. The van der Waals surface area contributed by atoms with Crippen LogP contribution in [0.25, 0.3) is 10.9 Å². The van der Waals surface area contributed by atoms with E-state index in [1.165, 1.54) is 5.56 Å². The smallest absolute Gasteiger partial charge is 0.270 e. The first-order chi connectivity index (χ1) is 12.6. The number of aryl methyl sites for hydroxylation is 1. The SMILES string of the molecule is C[C@@H]1[C@H](c2ccccc2)CCN1c1c(C#N)c(=O)n(C)c2ccccc12. The fraction of sp³-hybridized carbons (Fsp3) is 0.273. The van der Waals surface area contributed by atoms with E-state index in [0.717, 1.165) is 29.6 Å². The minimum absolute atomic E-state index is 0.222. The molecule has 0 saturated carbocycles. The lowest BCUT2D eigenvalue weighted by molar-refractivity contribution is 0.635. The number of pyridine rings is 1. The molecule has 2 aromatic carbocycles. The molecule has 26 heavy (non-hydrogen) atoms. The van der Waals surface area contributed by atoms with Crippen molar-refractivity contribution in [2.75, 3.05) is 11.4 Å². The van der Waals surface area contributed by atoms with Gasteiger partial charge in [0.1, 0.15) is 11.6 Å². The second-order valence-electron chi connectivity index (χ2n) is 6.96. The zero-order chi connectivity index (χ0) is 18.3. The fourth-order valence-electron chi connectivity index (χ4n) is 4.28. The van der Waals surface area contributed by atoms with Gasteiger partial charge in [0.25, 0.3) is 5.56 Å². The van der Waals surface area contributed by atoms with Crippen LogP contribution >= 0.6 is 0 Å². The molecule has 4 rings (SSSR count). The molecular formula is C22H21N3O. The quantitative estimate of drug-likeness (QED) is 0.711. The molecule has 0 N–H and O–H groups in total. The molecule has 1 aromatic heterocycles. The molecular weight excluding hydrogens is 322 g/mol. The number of nitrogens with zero attached hydrogens (tertiary/aromatic N) is 3. The molecule has 2 heterocycles. The summed E-state index contributed by atoms with van der Waals surface area (Å²) in [5.74, 6) is 0.394. The van der Waals surface area contributed by atoms with Crippen LogP contribution in [0.15, 0.2) is 59.4 Å². The third-order valence-corrected chi connectivity index (χ3v) is 5.66. The number of anilines is 1. The first kappa shape index (κ1) is 16.4. The van der Waals surface area contributed by atoms with Crippen molar-refractivity contribution in [3.8, 4) is 6.07 Å². The third-order valence-electron chi connectivity index (χ3n) is 5.66. The van der Waals surface area contributed by atoms with Crippen LogP contribution in [0.2, 0.25) is 0 Å². The number of hydrogen-bond donors (Lipinski definition) is 0. The van der Waals surface area contributed by atoms with Gasteiger partial charge in [-0.05, 0) is 25.0 Å². The molecule has 0 radical (unpaired) electrons. The zero-order valence-corrected chi connectivity index (χ0v) is 15.0. The Morgan fingerprint density at radius 2 is 1.77 bits per heavy atom. The van der Waals surface area contributed by atoms with Gasteiger partial charge in [0.05, 0.1) is 11.2 Å². The Balaban J connectivity index is 1.89. The van der Waals surface area contributed by atoms with E-state index in [4.69, 9.17) is 0 Å².